The highest BCUT2D eigenvalue weighted by atomic mass is 19.1. The van der Waals surface area contributed by atoms with E-state index in [1.807, 2.05) is 13.8 Å². The van der Waals surface area contributed by atoms with Gasteiger partial charge >= 0.3 is 0 Å². The molecule has 1 unspecified atom stereocenters. The zero-order chi connectivity index (χ0) is 11.7. The Labute approximate surface area is 93.4 Å². The molecule has 2 rings (SSSR count). The minimum Gasteiger partial charge on any atom is -0.309 e. The van der Waals surface area contributed by atoms with Crippen LogP contribution in [-0.2, 0) is 4.79 Å². The Morgan fingerprint density at radius 3 is 2.44 bits per heavy atom. The lowest BCUT2D eigenvalue weighted by molar-refractivity contribution is -0.120. The second-order valence-corrected chi connectivity index (χ2v) is 4.16. The Balaban J connectivity index is 2.27. The van der Waals surface area contributed by atoms with Crippen LogP contribution in [0, 0.1) is 11.7 Å². The van der Waals surface area contributed by atoms with E-state index in [2.05, 4.69) is 10.3 Å². The largest absolute Gasteiger partial charge is 0.309 e. The van der Waals surface area contributed by atoms with Crippen molar-refractivity contribution in [2.45, 2.75) is 19.9 Å². The van der Waals surface area contributed by atoms with E-state index >= 15 is 0 Å². The van der Waals surface area contributed by atoms with Gasteiger partial charge in [-0.2, -0.15) is 0 Å². The molecule has 1 aliphatic rings. The van der Waals surface area contributed by atoms with Gasteiger partial charge in [0.25, 0.3) is 5.91 Å². The number of aliphatic imine (C=N–C) groups is 1. The summed E-state index contributed by atoms with van der Waals surface area (Å²) in [5.41, 5.74) is 0.734. The first-order valence-electron chi connectivity index (χ1n) is 5.22. The number of hydrogen-bond acceptors (Lipinski definition) is 2. The summed E-state index contributed by atoms with van der Waals surface area (Å²) in [5.74, 6) is 0.310. The molecule has 16 heavy (non-hydrogen) atoms. The van der Waals surface area contributed by atoms with Gasteiger partial charge in [0.15, 0.2) is 0 Å². The topological polar surface area (TPSA) is 41.5 Å². The van der Waals surface area contributed by atoms with Crippen LogP contribution in [0.15, 0.2) is 29.3 Å². The molecular weight excluding hydrogens is 207 g/mol. The maximum absolute atomic E-state index is 12.7. The molecule has 1 heterocycles. The van der Waals surface area contributed by atoms with Gasteiger partial charge in [-0.3, -0.25) is 9.79 Å². The Hall–Kier alpha value is -1.71. The summed E-state index contributed by atoms with van der Waals surface area (Å²) in [4.78, 5) is 15.9. The van der Waals surface area contributed by atoms with Crippen LogP contribution in [-0.4, -0.2) is 17.8 Å². The third kappa shape index (κ3) is 1.96. The first-order valence-corrected chi connectivity index (χ1v) is 5.22. The van der Waals surface area contributed by atoms with Gasteiger partial charge in [0.2, 0.25) is 0 Å². The Morgan fingerprint density at radius 1 is 1.31 bits per heavy atom. The molecule has 4 heteroatoms. The number of benzene rings is 1. The summed E-state index contributed by atoms with van der Waals surface area (Å²) >= 11 is 0. The van der Waals surface area contributed by atoms with E-state index < -0.39 is 0 Å². The van der Waals surface area contributed by atoms with E-state index in [9.17, 15) is 9.18 Å². The number of amidine groups is 1. The normalized spacial score (nSPS) is 19.9. The third-order valence-corrected chi connectivity index (χ3v) is 2.53. The van der Waals surface area contributed by atoms with Crippen LogP contribution in [0.5, 0.6) is 0 Å². The molecule has 0 saturated heterocycles. The van der Waals surface area contributed by atoms with Gasteiger partial charge in [0.1, 0.15) is 17.7 Å². The molecule has 1 aromatic carbocycles. The lowest BCUT2D eigenvalue weighted by atomic mass is 10.1. The van der Waals surface area contributed by atoms with Crippen LogP contribution in [0.1, 0.15) is 19.4 Å². The van der Waals surface area contributed by atoms with Crippen molar-refractivity contribution in [3.8, 4) is 0 Å². The second-order valence-electron chi connectivity index (χ2n) is 4.16. The first-order chi connectivity index (χ1) is 7.58. The van der Waals surface area contributed by atoms with Crippen LogP contribution < -0.4 is 5.32 Å². The van der Waals surface area contributed by atoms with E-state index in [4.69, 9.17) is 0 Å². The van der Waals surface area contributed by atoms with Crippen LogP contribution in [0.25, 0.3) is 0 Å². The van der Waals surface area contributed by atoms with E-state index in [0.29, 0.717) is 5.84 Å². The number of rotatable bonds is 2. The van der Waals surface area contributed by atoms with Crippen molar-refractivity contribution >= 4 is 11.7 Å². The van der Waals surface area contributed by atoms with Gasteiger partial charge in [-0.15, -0.1) is 0 Å². The predicted molar refractivity (Wildman–Crippen MR) is 59.7 cm³/mol. The smallest absolute Gasteiger partial charge is 0.250 e. The molecule has 0 spiro atoms. The number of carbonyl (C=O) groups is 1. The number of hydrogen-bond donors (Lipinski definition) is 1. The Kier molecular flexibility index (Phi) is 2.73. The molecule has 1 N–H and O–H groups in total. The fourth-order valence-corrected chi connectivity index (χ4v) is 1.63. The molecule has 1 amide bonds. The number of amides is 1. The molecule has 0 radical (unpaired) electrons. The number of nitrogens with zero attached hydrogens (tertiary/aromatic N) is 1. The minimum absolute atomic E-state index is 0.0886. The van der Waals surface area contributed by atoms with Crippen LogP contribution >= 0.6 is 0 Å². The zero-order valence-electron chi connectivity index (χ0n) is 9.20. The number of halogens is 1. The molecule has 3 nitrogen and oxygen atoms in total. The first kappa shape index (κ1) is 10.8. The molecule has 0 aromatic heterocycles. The van der Waals surface area contributed by atoms with Gasteiger partial charge < -0.3 is 5.32 Å². The molecule has 0 saturated carbocycles. The molecule has 1 aromatic rings. The molecule has 0 bridgehead atoms. The standard InChI is InChI=1S/C12H13FN2O/c1-7(2)10-12(16)15-11(14-10)8-3-5-9(13)6-4-8/h3-7,10H,1-2H3,(H,14,15,16). The van der Waals surface area contributed by atoms with Gasteiger partial charge in [-0.05, 0) is 30.2 Å². The molecule has 84 valence electrons. The van der Waals surface area contributed by atoms with Crippen molar-refractivity contribution in [2.24, 2.45) is 10.9 Å². The van der Waals surface area contributed by atoms with Crippen molar-refractivity contribution in [1.82, 2.24) is 5.32 Å². The van der Waals surface area contributed by atoms with Crippen LogP contribution in [0.4, 0.5) is 4.39 Å². The number of nitrogens with one attached hydrogen (secondary N) is 1. The zero-order valence-corrected chi connectivity index (χ0v) is 9.20. The monoisotopic (exact) mass is 220 g/mol. The summed E-state index contributed by atoms with van der Waals surface area (Å²) in [5, 5.41) is 2.71. The lowest BCUT2D eigenvalue weighted by Crippen LogP contribution is -2.31. The highest BCUT2D eigenvalue weighted by Crippen LogP contribution is 2.14. The summed E-state index contributed by atoms with van der Waals surface area (Å²) in [6.45, 7) is 3.89. The molecule has 0 fully saturated rings. The summed E-state index contributed by atoms with van der Waals surface area (Å²) in [6.07, 6.45) is 0. The van der Waals surface area contributed by atoms with Crippen molar-refractivity contribution in [3.63, 3.8) is 0 Å². The summed E-state index contributed by atoms with van der Waals surface area (Å²) < 4.78 is 12.7. The number of carbonyl (C=O) groups excluding carboxylic acids is 1. The SMILES string of the molecule is CC(C)C1N=C(c2ccc(F)cc2)NC1=O. The molecular formula is C12H13FN2O. The van der Waals surface area contributed by atoms with E-state index in [-0.39, 0.29) is 23.7 Å². The molecule has 0 aliphatic carbocycles. The van der Waals surface area contributed by atoms with Gasteiger partial charge in [-0.25, -0.2) is 4.39 Å². The van der Waals surface area contributed by atoms with E-state index in [1.165, 1.54) is 12.1 Å². The van der Waals surface area contributed by atoms with Crippen molar-refractivity contribution in [2.75, 3.05) is 0 Å². The van der Waals surface area contributed by atoms with Crippen molar-refractivity contribution in [3.05, 3.63) is 35.6 Å². The maximum Gasteiger partial charge on any atom is 0.250 e. The Bertz CT molecular complexity index is 437. The molecule has 1 aliphatic heterocycles. The average Bonchev–Trinajstić information content (AvgIpc) is 2.61. The highest BCUT2D eigenvalue weighted by molar-refractivity contribution is 6.13. The van der Waals surface area contributed by atoms with Crippen molar-refractivity contribution < 1.29 is 9.18 Å². The minimum atomic E-state index is -0.333. The second kappa shape index (κ2) is 4.04. The van der Waals surface area contributed by atoms with Crippen LogP contribution in [0.2, 0.25) is 0 Å². The van der Waals surface area contributed by atoms with E-state index in [0.717, 1.165) is 5.56 Å². The van der Waals surface area contributed by atoms with Gasteiger partial charge in [-0.1, -0.05) is 13.8 Å². The Morgan fingerprint density at radius 2 is 1.94 bits per heavy atom. The molecule has 1 atom stereocenters. The average molecular weight is 220 g/mol. The van der Waals surface area contributed by atoms with E-state index in [1.54, 1.807) is 12.1 Å². The lowest BCUT2D eigenvalue weighted by Gasteiger charge is -2.06. The fourth-order valence-electron chi connectivity index (χ4n) is 1.63. The highest BCUT2D eigenvalue weighted by Gasteiger charge is 2.29. The summed E-state index contributed by atoms with van der Waals surface area (Å²) in [6, 6.07) is 5.59. The van der Waals surface area contributed by atoms with Crippen molar-refractivity contribution in [1.29, 1.82) is 0 Å². The quantitative estimate of drug-likeness (QED) is 0.810. The fraction of sp³-hybridized carbons (Fsp3) is 0.333. The van der Waals surface area contributed by atoms with Gasteiger partial charge in [0, 0.05) is 5.56 Å². The predicted octanol–water partition coefficient (Wildman–Crippen LogP) is 1.73. The van der Waals surface area contributed by atoms with Crippen LogP contribution in [0.3, 0.4) is 0 Å². The van der Waals surface area contributed by atoms with Gasteiger partial charge in [0.05, 0.1) is 0 Å². The third-order valence-electron chi connectivity index (χ3n) is 2.53. The maximum atomic E-state index is 12.7. The summed E-state index contributed by atoms with van der Waals surface area (Å²) in [7, 11) is 0.